The van der Waals surface area contributed by atoms with Gasteiger partial charge in [0.1, 0.15) is 0 Å². The summed E-state index contributed by atoms with van der Waals surface area (Å²) in [6.45, 7) is 9.14. The first-order valence-electron chi connectivity index (χ1n) is 5.51. The standard InChI is InChI=1S/C10H18N4O.2ClH/c1-8(2)10-12-9(13-15-10)7-14-5-3-11-4-6-14;;/h8,11H,3-7H2,1-2H3;2*1H. The molecule has 0 aromatic carbocycles. The highest BCUT2D eigenvalue weighted by atomic mass is 35.5. The van der Waals surface area contributed by atoms with Crippen LogP contribution in [0.3, 0.4) is 0 Å². The molecule has 0 bridgehead atoms. The molecule has 0 aliphatic carbocycles. The summed E-state index contributed by atoms with van der Waals surface area (Å²) < 4.78 is 5.16. The van der Waals surface area contributed by atoms with E-state index >= 15 is 0 Å². The largest absolute Gasteiger partial charge is 0.339 e. The fraction of sp³-hybridized carbons (Fsp3) is 0.800. The highest BCUT2D eigenvalue weighted by Crippen LogP contribution is 2.11. The van der Waals surface area contributed by atoms with Crippen molar-refractivity contribution in [2.24, 2.45) is 0 Å². The third kappa shape index (κ3) is 4.79. The number of hydrogen-bond donors (Lipinski definition) is 1. The van der Waals surface area contributed by atoms with Crippen LogP contribution in [0.25, 0.3) is 0 Å². The fourth-order valence-electron chi connectivity index (χ4n) is 1.64. The lowest BCUT2D eigenvalue weighted by Gasteiger charge is -2.25. The van der Waals surface area contributed by atoms with Crippen LogP contribution >= 0.6 is 24.8 Å². The summed E-state index contributed by atoms with van der Waals surface area (Å²) >= 11 is 0. The molecule has 2 heterocycles. The van der Waals surface area contributed by atoms with Crippen LogP contribution in [0.2, 0.25) is 0 Å². The quantitative estimate of drug-likeness (QED) is 0.909. The van der Waals surface area contributed by atoms with Gasteiger partial charge in [-0.1, -0.05) is 19.0 Å². The molecular formula is C10H20Cl2N4O. The Morgan fingerprint density at radius 3 is 2.47 bits per heavy atom. The topological polar surface area (TPSA) is 54.2 Å². The first kappa shape index (κ1) is 16.6. The maximum Gasteiger partial charge on any atom is 0.229 e. The van der Waals surface area contributed by atoms with E-state index in [1.165, 1.54) is 0 Å². The molecule has 1 saturated heterocycles. The monoisotopic (exact) mass is 282 g/mol. The van der Waals surface area contributed by atoms with Crippen LogP contribution in [0.1, 0.15) is 31.5 Å². The van der Waals surface area contributed by atoms with Gasteiger partial charge < -0.3 is 9.84 Å². The molecule has 100 valence electrons. The third-order valence-corrected chi connectivity index (χ3v) is 2.55. The molecule has 1 fully saturated rings. The Balaban J connectivity index is 0.00000128. The number of rotatable bonds is 3. The van der Waals surface area contributed by atoms with E-state index in [1.54, 1.807) is 0 Å². The van der Waals surface area contributed by atoms with E-state index in [0.717, 1.165) is 44.4 Å². The van der Waals surface area contributed by atoms with E-state index < -0.39 is 0 Å². The average molecular weight is 283 g/mol. The smallest absolute Gasteiger partial charge is 0.229 e. The van der Waals surface area contributed by atoms with Crippen LogP contribution in [0.5, 0.6) is 0 Å². The first-order chi connectivity index (χ1) is 7.25. The van der Waals surface area contributed by atoms with Gasteiger partial charge in [0.15, 0.2) is 5.82 Å². The van der Waals surface area contributed by atoms with E-state index in [1.807, 2.05) is 0 Å². The fourth-order valence-corrected chi connectivity index (χ4v) is 1.64. The number of aromatic nitrogens is 2. The van der Waals surface area contributed by atoms with Crippen LogP contribution in [-0.2, 0) is 6.54 Å². The second-order valence-corrected chi connectivity index (χ2v) is 4.23. The Morgan fingerprint density at radius 2 is 1.94 bits per heavy atom. The summed E-state index contributed by atoms with van der Waals surface area (Å²) in [7, 11) is 0. The predicted molar refractivity (Wildman–Crippen MR) is 71.0 cm³/mol. The van der Waals surface area contributed by atoms with Gasteiger partial charge in [0, 0.05) is 32.1 Å². The summed E-state index contributed by atoms with van der Waals surface area (Å²) in [6, 6.07) is 0. The van der Waals surface area contributed by atoms with Crippen molar-refractivity contribution in [1.82, 2.24) is 20.4 Å². The molecular weight excluding hydrogens is 263 g/mol. The maximum atomic E-state index is 5.16. The minimum Gasteiger partial charge on any atom is -0.339 e. The lowest BCUT2D eigenvalue weighted by Crippen LogP contribution is -2.43. The zero-order valence-corrected chi connectivity index (χ0v) is 11.8. The van der Waals surface area contributed by atoms with Gasteiger partial charge in [0.05, 0.1) is 6.54 Å². The van der Waals surface area contributed by atoms with Gasteiger partial charge in [-0.2, -0.15) is 4.98 Å². The third-order valence-electron chi connectivity index (χ3n) is 2.55. The van der Waals surface area contributed by atoms with Crippen LogP contribution in [-0.4, -0.2) is 41.2 Å². The molecule has 5 nitrogen and oxygen atoms in total. The summed E-state index contributed by atoms with van der Waals surface area (Å²) in [4.78, 5) is 6.70. The normalized spacial score (nSPS) is 16.4. The molecule has 1 aliphatic heterocycles. The molecule has 0 spiro atoms. The number of hydrogen-bond acceptors (Lipinski definition) is 5. The van der Waals surface area contributed by atoms with Gasteiger partial charge in [-0.15, -0.1) is 24.8 Å². The Kier molecular flexibility index (Phi) is 7.70. The van der Waals surface area contributed by atoms with Crippen molar-refractivity contribution in [3.63, 3.8) is 0 Å². The molecule has 7 heteroatoms. The zero-order chi connectivity index (χ0) is 10.7. The average Bonchev–Trinajstić information content (AvgIpc) is 2.68. The molecule has 0 unspecified atom stereocenters. The molecule has 17 heavy (non-hydrogen) atoms. The number of nitrogens with zero attached hydrogens (tertiary/aromatic N) is 3. The zero-order valence-electron chi connectivity index (χ0n) is 10.2. The summed E-state index contributed by atoms with van der Waals surface area (Å²) in [5.41, 5.74) is 0. The summed E-state index contributed by atoms with van der Waals surface area (Å²) in [5.74, 6) is 1.86. The van der Waals surface area contributed by atoms with E-state index in [0.29, 0.717) is 5.92 Å². The first-order valence-corrected chi connectivity index (χ1v) is 5.51. The van der Waals surface area contributed by atoms with Crippen LogP contribution in [0.4, 0.5) is 0 Å². The van der Waals surface area contributed by atoms with E-state index in [-0.39, 0.29) is 24.8 Å². The second kappa shape index (κ2) is 7.87. The molecule has 0 atom stereocenters. The Hall–Kier alpha value is -0.360. The van der Waals surface area contributed by atoms with Crippen molar-refractivity contribution in [3.05, 3.63) is 11.7 Å². The minimum absolute atomic E-state index is 0. The van der Waals surface area contributed by atoms with Crippen LogP contribution in [0, 0.1) is 0 Å². The van der Waals surface area contributed by atoms with E-state index in [9.17, 15) is 0 Å². The van der Waals surface area contributed by atoms with Crippen molar-refractivity contribution in [2.75, 3.05) is 26.2 Å². The summed E-state index contributed by atoms with van der Waals surface area (Å²) in [6.07, 6.45) is 0. The number of piperazine rings is 1. The molecule has 1 aliphatic rings. The molecule has 1 N–H and O–H groups in total. The van der Waals surface area contributed by atoms with Crippen LogP contribution in [0.15, 0.2) is 4.52 Å². The SMILES string of the molecule is CC(C)c1nc(CN2CCNCC2)no1.Cl.Cl. The molecule has 0 saturated carbocycles. The van der Waals surface area contributed by atoms with Crippen molar-refractivity contribution in [1.29, 1.82) is 0 Å². The van der Waals surface area contributed by atoms with Gasteiger partial charge in [0.25, 0.3) is 0 Å². The number of nitrogens with one attached hydrogen (secondary N) is 1. The minimum atomic E-state index is 0. The van der Waals surface area contributed by atoms with Crippen molar-refractivity contribution in [2.45, 2.75) is 26.3 Å². The van der Waals surface area contributed by atoms with Gasteiger partial charge in [-0.3, -0.25) is 4.90 Å². The van der Waals surface area contributed by atoms with Crippen molar-refractivity contribution in [3.8, 4) is 0 Å². The van der Waals surface area contributed by atoms with E-state index in [4.69, 9.17) is 4.52 Å². The number of halogens is 2. The van der Waals surface area contributed by atoms with Gasteiger partial charge in [-0.05, 0) is 0 Å². The second-order valence-electron chi connectivity index (χ2n) is 4.23. The van der Waals surface area contributed by atoms with E-state index in [2.05, 4.69) is 34.2 Å². The molecule has 2 rings (SSSR count). The van der Waals surface area contributed by atoms with Crippen molar-refractivity contribution >= 4 is 24.8 Å². The Labute approximate surface area is 114 Å². The van der Waals surface area contributed by atoms with Crippen LogP contribution < -0.4 is 5.32 Å². The highest BCUT2D eigenvalue weighted by Gasteiger charge is 2.14. The Bertz CT molecular complexity index is 313. The Morgan fingerprint density at radius 1 is 1.29 bits per heavy atom. The lowest BCUT2D eigenvalue weighted by atomic mass is 10.2. The van der Waals surface area contributed by atoms with Gasteiger partial charge in [0.2, 0.25) is 5.89 Å². The molecule has 0 amide bonds. The van der Waals surface area contributed by atoms with Gasteiger partial charge >= 0.3 is 0 Å². The predicted octanol–water partition coefficient (Wildman–Crippen LogP) is 1.44. The summed E-state index contributed by atoms with van der Waals surface area (Å²) in [5, 5.41) is 7.30. The maximum absolute atomic E-state index is 5.16. The highest BCUT2D eigenvalue weighted by molar-refractivity contribution is 5.85. The molecule has 1 aromatic heterocycles. The molecule has 0 radical (unpaired) electrons. The van der Waals surface area contributed by atoms with Crippen molar-refractivity contribution < 1.29 is 4.52 Å². The lowest BCUT2D eigenvalue weighted by molar-refractivity contribution is 0.224. The molecule has 1 aromatic rings. The van der Waals surface area contributed by atoms with Gasteiger partial charge in [-0.25, -0.2) is 0 Å².